The van der Waals surface area contributed by atoms with Crippen LogP contribution in [0.2, 0.25) is 0 Å². The Labute approximate surface area is 70.7 Å². The van der Waals surface area contributed by atoms with Gasteiger partial charge >= 0.3 is 7.69 Å². The van der Waals surface area contributed by atoms with Crippen molar-refractivity contribution < 1.29 is 19.2 Å². The molecule has 1 aromatic rings. The number of methoxy groups -OCH3 is 1. The van der Waals surface area contributed by atoms with E-state index in [1.54, 1.807) is 18.2 Å². The summed E-state index contributed by atoms with van der Waals surface area (Å²) in [5, 5.41) is 14.0. The van der Waals surface area contributed by atoms with Gasteiger partial charge in [-0.15, -0.1) is 0 Å². The van der Waals surface area contributed by atoms with Crippen molar-refractivity contribution in [3.05, 3.63) is 30.1 Å². The Bertz CT molecular complexity index is 220. The number of halogens is 1. The first kappa shape index (κ1) is 10.9. The van der Waals surface area contributed by atoms with Crippen molar-refractivity contribution in [3.8, 4) is 5.75 Å². The quantitative estimate of drug-likeness (QED) is 0.599. The molecule has 0 aliphatic rings. The number of hydrogen-bond donors (Lipinski definition) is 2. The maximum Gasteiger partial charge on any atom is 0.482 e. The molecule has 0 fully saturated rings. The summed E-state index contributed by atoms with van der Waals surface area (Å²) in [5.74, 6) is -0.0301. The molecular formula is C7H9BFO3. The highest BCUT2D eigenvalue weighted by Crippen LogP contribution is 2.13. The van der Waals surface area contributed by atoms with E-state index >= 15 is 0 Å². The van der Waals surface area contributed by atoms with Gasteiger partial charge in [-0.2, -0.15) is 0 Å². The van der Waals surface area contributed by atoms with Gasteiger partial charge in [0.25, 0.3) is 0 Å². The lowest BCUT2D eigenvalue weighted by molar-refractivity contribution is 0.386. The smallest absolute Gasteiger partial charge is 0.482 e. The van der Waals surface area contributed by atoms with Gasteiger partial charge in [-0.1, -0.05) is 12.1 Å². The molecule has 1 aromatic carbocycles. The van der Waals surface area contributed by atoms with Crippen LogP contribution in [0.3, 0.4) is 0 Å². The van der Waals surface area contributed by atoms with Crippen LogP contribution in [0.1, 0.15) is 0 Å². The zero-order valence-corrected chi connectivity index (χ0v) is 6.57. The van der Waals surface area contributed by atoms with E-state index in [2.05, 4.69) is 4.74 Å². The molecule has 12 heavy (non-hydrogen) atoms. The van der Waals surface area contributed by atoms with Gasteiger partial charge in [-0.25, -0.2) is 4.39 Å². The molecule has 0 amide bonds. The first-order valence-electron chi connectivity index (χ1n) is 3.15. The summed E-state index contributed by atoms with van der Waals surface area (Å²) in [7, 11) is 1.44. The van der Waals surface area contributed by atoms with Crippen LogP contribution in [-0.2, 0) is 0 Å². The Morgan fingerprint density at radius 2 is 1.83 bits per heavy atom. The maximum absolute atomic E-state index is 12.5. The third-order valence-electron chi connectivity index (χ3n) is 1.06. The fourth-order valence-electron chi connectivity index (χ4n) is 0.610. The van der Waals surface area contributed by atoms with Gasteiger partial charge in [-0.3, -0.25) is 0 Å². The standard InChI is InChI=1S/C7H7FO.BH2O2/c1-9-7-5-3-2-4-6(7)8;2-1-3/h2-5H,1H3;2-3H. The highest BCUT2D eigenvalue weighted by atomic mass is 19.1. The van der Waals surface area contributed by atoms with Crippen LogP contribution in [0, 0.1) is 5.82 Å². The molecule has 1 radical (unpaired) electrons. The molecule has 0 aromatic heterocycles. The molecule has 0 saturated heterocycles. The third-order valence-corrected chi connectivity index (χ3v) is 1.06. The van der Waals surface area contributed by atoms with Crippen LogP contribution < -0.4 is 4.74 Å². The summed E-state index contributed by atoms with van der Waals surface area (Å²) < 4.78 is 17.1. The van der Waals surface area contributed by atoms with Gasteiger partial charge in [0.15, 0.2) is 11.6 Å². The monoisotopic (exact) mass is 171 g/mol. The first-order valence-corrected chi connectivity index (χ1v) is 3.15. The molecule has 0 spiro atoms. The third kappa shape index (κ3) is 3.95. The minimum absolute atomic E-state index is 0. The average molecular weight is 171 g/mol. The molecule has 2 N–H and O–H groups in total. The fourth-order valence-corrected chi connectivity index (χ4v) is 0.610. The van der Waals surface area contributed by atoms with Gasteiger partial charge in [-0.05, 0) is 12.1 Å². The van der Waals surface area contributed by atoms with Crippen LogP contribution in [-0.4, -0.2) is 24.8 Å². The van der Waals surface area contributed by atoms with Gasteiger partial charge in [0.1, 0.15) is 0 Å². The second-order valence-corrected chi connectivity index (χ2v) is 1.75. The Kier molecular flexibility index (Phi) is 6.04. The summed E-state index contributed by atoms with van der Waals surface area (Å²) in [5.41, 5.74) is 0. The van der Waals surface area contributed by atoms with Gasteiger partial charge in [0.2, 0.25) is 0 Å². The van der Waals surface area contributed by atoms with E-state index in [1.807, 2.05) is 0 Å². The zero-order valence-electron chi connectivity index (χ0n) is 6.57. The molecule has 0 unspecified atom stereocenters. The van der Waals surface area contributed by atoms with Crippen LogP contribution in [0.15, 0.2) is 24.3 Å². The Hall–Kier alpha value is -1.07. The summed E-state index contributed by atoms with van der Waals surface area (Å²) in [4.78, 5) is 0. The van der Waals surface area contributed by atoms with Gasteiger partial charge in [0.05, 0.1) is 7.11 Å². The minimum Gasteiger partial charge on any atom is -0.494 e. The van der Waals surface area contributed by atoms with Crippen molar-refractivity contribution >= 4 is 7.69 Å². The van der Waals surface area contributed by atoms with E-state index in [1.165, 1.54) is 13.2 Å². The molecule has 0 aliphatic heterocycles. The highest BCUT2D eigenvalue weighted by Gasteiger charge is 1.95. The van der Waals surface area contributed by atoms with E-state index in [9.17, 15) is 4.39 Å². The van der Waals surface area contributed by atoms with Crippen molar-refractivity contribution in [2.45, 2.75) is 0 Å². The van der Waals surface area contributed by atoms with Crippen LogP contribution >= 0.6 is 0 Å². The lowest BCUT2D eigenvalue weighted by Crippen LogP contribution is -1.85. The molecule has 0 atom stereocenters. The van der Waals surface area contributed by atoms with Crippen LogP contribution in [0.4, 0.5) is 4.39 Å². The number of rotatable bonds is 1. The normalized spacial score (nSPS) is 8.00. The van der Waals surface area contributed by atoms with E-state index in [0.29, 0.717) is 0 Å². The first-order chi connectivity index (χ1) is 5.76. The minimum atomic E-state index is -0.319. The summed E-state index contributed by atoms with van der Waals surface area (Å²) in [6.45, 7) is 0. The predicted molar refractivity (Wildman–Crippen MR) is 43.1 cm³/mol. The fraction of sp³-hybridized carbons (Fsp3) is 0.143. The maximum atomic E-state index is 12.5. The lowest BCUT2D eigenvalue weighted by Gasteiger charge is -1.97. The number of ether oxygens (including phenoxy) is 1. The second kappa shape index (κ2) is 6.63. The molecule has 1 rings (SSSR count). The van der Waals surface area contributed by atoms with Crippen molar-refractivity contribution in [1.82, 2.24) is 0 Å². The number of hydrogen-bond acceptors (Lipinski definition) is 3. The van der Waals surface area contributed by atoms with Crippen molar-refractivity contribution in [3.63, 3.8) is 0 Å². The highest BCUT2D eigenvalue weighted by molar-refractivity contribution is 6.13. The van der Waals surface area contributed by atoms with E-state index in [-0.39, 0.29) is 19.3 Å². The van der Waals surface area contributed by atoms with Crippen LogP contribution in [0.5, 0.6) is 5.75 Å². The van der Waals surface area contributed by atoms with Crippen molar-refractivity contribution in [2.24, 2.45) is 0 Å². The topological polar surface area (TPSA) is 49.7 Å². The average Bonchev–Trinajstić information content (AvgIpc) is 2.07. The Morgan fingerprint density at radius 3 is 2.17 bits per heavy atom. The molecule has 65 valence electrons. The SMILES string of the molecule is COc1ccccc1F.O[B]O. The van der Waals surface area contributed by atoms with E-state index in [4.69, 9.17) is 10.0 Å². The van der Waals surface area contributed by atoms with Gasteiger partial charge in [0, 0.05) is 0 Å². The molecule has 5 heteroatoms. The molecule has 0 bridgehead atoms. The Morgan fingerprint density at radius 1 is 1.33 bits per heavy atom. The van der Waals surface area contributed by atoms with E-state index in [0.717, 1.165) is 0 Å². The second-order valence-electron chi connectivity index (χ2n) is 1.75. The van der Waals surface area contributed by atoms with Gasteiger partial charge < -0.3 is 14.8 Å². The lowest BCUT2D eigenvalue weighted by atomic mass is 10.3. The van der Waals surface area contributed by atoms with Crippen molar-refractivity contribution in [1.29, 1.82) is 0 Å². The predicted octanol–water partition coefficient (Wildman–Crippen LogP) is 0.339. The molecule has 0 aliphatic carbocycles. The Balaban J connectivity index is 0.000000354. The number of benzene rings is 1. The summed E-state index contributed by atoms with van der Waals surface area (Å²) in [6.07, 6.45) is 0. The molecular weight excluding hydrogens is 162 g/mol. The molecule has 0 saturated carbocycles. The number of para-hydroxylation sites is 1. The molecule has 0 heterocycles. The van der Waals surface area contributed by atoms with Crippen LogP contribution in [0.25, 0.3) is 0 Å². The zero-order chi connectivity index (χ0) is 9.40. The largest absolute Gasteiger partial charge is 0.494 e. The summed E-state index contributed by atoms with van der Waals surface area (Å²) in [6, 6.07) is 6.29. The van der Waals surface area contributed by atoms with E-state index < -0.39 is 0 Å². The summed E-state index contributed by atoms with van der Waals surface area (Å²) >= 11 is 0. The van der Waals surface area contributed by atoms with Crippen molar-refractivity contribution in [2.75, 3.05) is 7.11 Å². The molecule has 3 nitrogen and oxygen atoms in total.